The molecule has 33 heavy (non-hydrogen) atoms. The van der Waals surface area contributed by atoms with E-state index in [0.717, 1.165) is 17.1 Å². The van der Waals surface area contributed by atoms with Gasteiger partial charge in [-0.15, -0.1) is 11.3 Å². The van der Waals surface area contributed by atoms with E-state index in [1.807, 2.05) is 31.2 Å². The molecule has 4 rings (SSSR count). The number of aryl methyl sites for hydroxylation is 2. The van der Waals surface area contributed by atoms with E-state index < -0.39 is 0 Å². The summed E-state index contributed by atoms with van der Waals surface area (Å²) in [4.78, 5) is 28.0. The molecule has 170 valence electrons. The summed E-state index contributed by atoms with van der Waals surface area (Å²) in [5.74, 6) is 1.27. The number of nitrogens with zero attached hydrogens (tertiary/aromatic N) is 4. The van der Waals surface area contributed by atoms with Crippen molar-refractivity contribution in [2.75, 3.05) is 0 Å². The highest BCUT2D eigenvalue weighted by Gasteiger charge is 2.19. The van der Waals surface area contributed by atoms with Crippen molar-refractivity contribution >= 4 is 27.3 Å². The molecule has 4 aromatic heterocycles. The van der Waals surface area contributed by atoms with Gasteiger partial charge in [-0.25, -0.2) is 9.97 Å². The Morgan fingerprint density at radius 3 is 2.52 bits per heavy atom. The number of rotatable bonds is 5. The van der Waals surface area contributed by atoms with Crippen molar-refractivity contribution in [1.29, 1.82) is 0 Å². The van der Waals surface area contributed by atoms with E-state index >= 15 is 0 Å². The maximum Gasteiger partial charge on any atom is 0.273 e. The number of aromatic nitrogens is 4. The summed E-state index contributed by atoms with van der Waals surface area (Å²) < 4.78 is 7.97. The summed E-state index contributed by atoms with van der Waals surface area (Å²) in [6.45, 7) is 10.6. The van der Waals surface area contributed by atoms with E-state index in [0.29, 0.717) is 33.9 Å². The van der Waals surface area contributed by atoms with Gasteiger partial charge < -0.3 is 4.74 Å². The van der Waals surface area contributed by atoms with Crippen LogP contribution in [0.4, 0.5) is 0 Å². The summed E-state index contributed by atoms with van der Waals surface area (Å²) in [5, 5.41) is 2.06. The average molecular weight is 525 g/mol. The first-order valence-electron chi connectivity index (χ1n) is 10.5. The highest BCUT2D eigenvalue weighted by Crippen LogP contribution is 2.27. The molecule has 0 spiro atoms. The minimum atomic E-state index is -0.193. The summed E-state index contributed by atoms with van der Waals surface area (Å²) in [7, 11) is 0. The molecule has 0 unspecified atom stereocenters. The first-order chi connectivity index (χ1) is 15.6. The summed E-state index contributed by atoms with van der Waals surface area (Å²) in [5.41, 5.74) is 3.58. The molecule has 0 aromatic carbocycles. The van der Waals surface area contributed by atoms with Gasteiger partial charge in [-0.3, -0.25) is 14.3 Å². The number of ether oxygens (including phenoxy) is 1. The van der Waals surface area contributed by atoms with Gasteiger partial charge in [0.25, 0.3) is 5.56 Å². The third kappa shape index (κ3) is 5.07. The van der Waals surface area contributed by atoms with Crippen molar-refractivity contribution in [2.24, 2.45) is 0 Å². The quantitative estimate of drug-likeness (QED) is 0.319. The molecule has 0 bridgehead atoms. The van der Waals surface area contributed by atoms with Crippen LogP contribution in [0.3, 0.4) is 0 Å². The Morgan fingerprint density at radius 1 is 1.06 bits per heavy atom. The van der Waals surface area contributed by atoms with Crippen molar-refractivity contribution < 1.29 is 4.74 Å². The Bertz CT molecular complexity index is 1370. The van der Waals surface area contributed by atoms with Gasteiger partial charge in [-0.05, 0) is 59.4 Å². The van der Waals surface area contributed by atoms with Crippen LogP contribution in [0.1, 0.15) is 42.7 Å². The van der Waals surface area contributed by atoms with Crippen molar-refractivity contribution in [3.63, 3.8) is 0 Å². The Kier molecular flexibility index (Phi) is 6.50. The van der Waals surface area contributed by atoms with Crippen LogP contribution in [-0.4, -0.2) is 19.5 Å². The molecule has 0 aliphatic rings. The minimum Gasteiger partial charge on any atom is -0.487 e. The van der Waals surface area contributed by atoms with Crippen LogP contribution in [0.2, 0.25) is 0 Å². The number of pyridine rings is 2. The number of hydrogen-bond donors (Lipinski definition) is 0. The lowest BCUT2D eigenvalue weighted by Gasteiger charge is -2.17. The Morgan fingerprint density at radius 2 is 1.82 bits per heavy atom. The Labute approximate surface area is 205 Å². The second-order valence-electron chi connectivity index (χ2n) is 8.87. The van der Waals surface area contributed by atoms with Crippen LogP contribution in [-0.2, 0) is 12.0 Å². The highest BCUT2D eigenvalue weighted by molar-refractivity contribution is 9.10. The van der Waals surface area contributed by atoms with E-state index in [9.17, 15) is 4.79 Å². The lowest BCUT2D eigenvalue weighted by molar-refractivity contribution is 0.303. The molecule has 0 atom stereocenters. The lowest BCUT2D eigenvalue weighted by atomic mass is 9.95. The zero-order valence-corrected chi connectivity index (χ0v) is 21.6. The fraction of sp³-hybridized carbons (Fsp3) is 0.280. The van der Waals surface area contributed by atoms with Crippen LogP contribution in [0.25, 0.3) is 17.1 Å². The van der Waals surface area contributed by atoms with Gasteiger partial charge in [0.2, 0.25) is 0 Å². The van der Waals surface area contributed by atoms with Gasteiger partial charge in [0.05, 0.1) is 17.1 Å². The molecule has 4 heterocycles. The van der Waals surface area contributed by atoms with Gasteiger partial charge in [0.15, 0.2) is 0 Å². The Hall–Kier alpha value is -2.84. The predicted octanol–water partition coefficient (Wildman–Crippen LogP) is 6.01. The molecule has 0 fully saturated rings. The summed E-state index contributed by atoms with van der Waals surface area (Å²) in [6.07, 6.45) is 3.43. The Balaban J connectivity index is 1.69. The van der Waals surface area contributed by atoms with Crippen LogP contribution in [0.5, 0.6) is 5.75 Å². The van der Waals surface area contributed by atoms with Gasteiger partial charge in [0, 0.05) is 40.0 Å². The zero-order chi connectivity index (χ0) is 23.8. The molecular weight excluding hydrogens is 500 g/mol. The molecular formula is C25H25BrN4O2S. The van der Waals surface area contributed by atoms with Gasteiger partial charge >= 0.3 is 0 Å². The fourth-order valence-electron chi connectivity index (χ4n) is 3.40. The van der Waals surface area contributed by atoms with E-state index in [2.05, 4.69) is 65.0 Å². The standard InChI is InChI=1S/C25H25BrN4O2S/c1-15-10-21(32-13-17-11-16(2)33-14-17)22(26)23(31)30(15)18-6-8-27-20(12-18)19-7-9-28-24(29-19)25(3,4)5/h6-12,14H,13H2,1-5H3. The van der Waals surface area contributed by atoms with Gasteiger partial charge in [-0.1, -0.05) is 20.8 Å². The first kappa shape index (κ1) is 23.3. The largest absolute Gasteiger partial charge is 0.487 e. The van der Waals surface area contributed by atoms with Crippen molar-refractivity contribution in [3.05, 3.63) is 84.9 Å². The normalized spacial score (nSPS) is 11.6. The molecule has 0 N–H and O–H groups in total. The smallest absolute Gasteiger partial charge is 0.273 e. The highest BCUT2D eigenvalue weighted by atomic mass is 79.9. The van der Waals surface area contributed by atoms with E-state index in [-0.39, 0.29) is 11.0 Å². The topological polar surface area (TPSA) is 69.9 Å². The number of halogens is 1. The molecule has 6 nitrogen and oxygen atoms in total. The second kappa shape index (κ2) is 9.19. The van der Waals surface area contributed by atoms with Crippen LogP contribution < -0.4 is 10.3 Å². The van der Waals surface area contributed by atoms with Gasteiger partial charge in [0.1, 0.15) is 22.7 Å². The molecule has 0 amide bonds. The lowest BCUT2D eigenvalue weighted by Crippen LogP contribution is -2.22. The van der Waals surface area contributed by atoms with Crippen LogP contribution in [0.15, 0.2) is 57.4 Å². The van der Waals surface area contributed by atoms with E-state index in [1.165, 1.54) is 4.88 Å². The second-order valence-corrected chi connectivity index (χ2v) is 10.8. The van der Waals surface area contributed by atoms with Crippen molar-refractivity contribution in [1.82, 2.24) is 19.5 Å². The number of thiophene rings is 1. The first-order valence-corrected chi connectivity index (χ1v) is 12.2. The van der Waals surface area contributed by atoms with Crippen molar-refractivity contribution in [2.45, 2.75) is 46.6 Å². The average Bonchev–Trinajstić information content (AvgIpc) is 3.20. The molecule has 0 saturated heterocycles. The molecule has 4 aromatic rings. The van der Waals surface area contributed by atoms with E-state index in [1.54, 1.807) is 28.3 Å². The van der Waals surface area contributed by atoms with Crippen LogP contribution in [0, 0.1) is 13.8 Å². The molecule has 0 saturated carbocycles. The van der Waals surface area contributed by atoms with Crippen molar-refractivity contribution in [3.8, 4) is 22.8 Å². The summed E-state index contributed by atoms with van der Waals surface area (Å²) in [6, 6.07) is 9.46. The predicted molar refractivity (Wildman–Crippen MR) is 135 cm³/mol. The maximum absolute atomic E-state index is 13.3. The fourth-order valence-corrected chi connectivity index (χ4v) is 4.50. The van der Waals surface area contributed by atoms with E-state index in [4.69, 9.17) is 9.72 Å². The maximum atomic E-state index is 13.3. The zero-order valence-electron chi connectivity index (χ0n) is 19.2. The molecule has 0 radical (unpaired) electrons. The third-order valence-corrected chi connectivity index (χ3v) is 6.71. The van der Waals surface area contributed by atoms with Crippen LogP contribution >= 0.6 is 27.3 Å². The number of hydrogen-bond acceptors (Lipinski definition) is 6. The molecule has 0 aliphatic carbocycles. The SMILES string of the molecule is Cc1cc(COc2cc(C)n(-c3ccnc(-c4ccnc(C(C)(C)C)n4)c3)c(=O)c2Br)cs1. The monoisotopic (exact) mass is 524 g/mol. The summed E-state index contributed by atoms with van der Waals surface area (Å²) >= 11 is 5.12. The minimum absolute atomic E-state index is 0.177. The molecule has 8 heteroatoms. The third-order valence-electron chi connectivity index (χ3n) is 5.07. The molecule has 0 aliphatic heterocycles. The van der Waals surface area contributed by atoms with Gasteiger partial charge in [-0.2, -0.15) is 0 Å².